The SMILES string of the molecule is O=C(O)c1cccc(-c2nc(-c3ccccc3Cl)c3sccn23)c1. The van der Waals surface area contributed by atoms with E-state index >= 15 is 0 Å². The second-order valence-corrected chi connectivity index (χ2v) is 6.53. The number of aromatic carboxylic acids is 1. The normalized spacial score (nSPS) is 11.0. The summed E-state index contributed by atoms with van der Waals surface area (Å²) in [6.45, 7) is 0. The van der Waals surface area contributed by atoms with Gasteiger partial charge in [-0.1, -0.05) is 41.9 Å². The van der Waals surface area contributed by atoms with Gasteiger partial charge >= 0.3 is 5.97 Å². The number of carbonyl (C=O) groups is 1. The number of fused-ring (bicyclic) bond motifs is 1. The predicted octanol–water partition coefficient (Wildman–Crippen LogP) is 5.08. The lowest BCUT2D eigenvalue weighted by Crippen LogP contribution is -1.96. The summed E-state index contributed by atoms with van der Waals surface area (Å²) in [4.78, 5) is 16.9. The Balaban J connectivity index is 1.96. The molecule has 0 unspecified atom stereocenters. The van der Waals surface area contributed by atoms with Crippen LogP contribution in [0.2, 0.25) is 5.02 Å². The third-order valence-corrected chi connectivity index (χ3v) is 4.95. The summed E-state index contributed by atoms with van der Waals surface area (Å²) in [7, 11) is 0. The summed E-state index contributed by atoms with van der Waals surface area (Å²) in [6, 6.07) is 14.3. The number of hydrogen-bond acceptors (Lipinski definition) is 3. The molecule has 0 saturated carbocycles. The topological polar surface area (TPSA) is 54.6 Å². The highest BCUT2D eigenvalue weighted by atomic mass is 35.5. The number of thiazole rings is 1. The molecule has 0 aliphatic rings. The number of imidazole rings is 1. The number of hydrogen-bond donors (Lipinski definition) is 1. The van der Waals surface area contributed by atoms with E-state index < -0.39 is 5.97 Å². The van der Waals surface area contributed by atoms with Crippen molar-refractivity contribution in [1.29, 1.82) is 0 Å². The van der Waals surface area contributed by atoms with Gasteiger partial charge in [-0.3, -0.25) is 4.40 Å². The molecule has 0 bridgehead atoms. The van der Waals surface area contributed by atoms with Crippen molar-refractivity contribution in [3.8, 4) is 22.6 Å². The number of halogens is 1. The average Bonchev–Trinajstić information content (AvgIpc) is 3.18. The number of carboxylic acids is 1. The van der Waals surface area contributed by atoms with E-state index in [1.165, 1.54) is 0 Å². The third-order valence-electron chi connectivity index (χ3n) is 3.75. The molecule has 0 amide bonds. The van der Waals surface area contributed by atoms with Gasteiger partial charge in [-0.25, -0.2) is 9.78 Å². The number of rotatable bonds is 3. The van der Waals surface area contributed by atoms with Crippen LogP contribution >= 0.6 is 22.9 Å². The zero-order chi connectivity index (χ0) is 16.7. The fourth-order valence-electron chi connectivity index (χ4n) is 2.65. The lowest BCUT2D eigenvalue weighted by Gasteiger charge is -2.01. The van der Waals surface area contributed by atoms with Gasteiger partial charge in [0, 0.05) is 22.7 Å². The predicted molar refractivity (Wildman–Crippen MR) is 95.9 cm³/mol. The van der Waals surface area contributed by atoms with Crippen LogP contribution < -0.4 is 0 Å². The minimum absolute atomic E-state index is 0.235. The molecule has 4 rings (SSSR count). The summed E-state index contributed by atoms with van der Waals surface area (Å²) >= 11 is 7.89. The van der Waals surface area contributed by atoms with Gasteiger partial charge in [0.1, 0.15) is 16.3 Å². The van der Waals surface area contributed by atoms with Crippen molar-refractivity contribution in [2.24, 2.45) is 0 Å². The van der Waals surface area contributed by atoms with Crippen LogP contribution in [-0.4, -0.2) is 20.5 Å². The molecular weight excluding hydrogens is 344 g/mol. The lowest BCUT2D eigenvalue weighted by atomic mass is 10.1. The molecule has 2 aromatic carbocycles. The summed E-state index contributed by atoms with van der Waals surface area (Å²) in [5.74, 6) is -0.259. The first-order valence-corrected chi connectivity index (χ1v) is 8.45. The first-order chi connectivity index (χ1) is 11.6. The second-order valence-electron chi connectivity index (χ2n) is 5.23. The molecule has 0 radical (unpaired) electrons. The quantitative estimate of drug-likeness (QED) is 0.558. The van der Waals surface area contributed by atoms with E-state index in [2.05, 4.69) is 0 Å². The van der Waals surface area contributed by atoms with Crippen LogP contribution in [0.5, 0.6) is 0 Å². The molecule has 0 spiro atoms. The number of nitrogens with zero attached hydrogens (tertiary/aromatic N) is 2. The molecule has 0 aliphatic heterocycles. The standard InChI is InChI=1S/C18H11ClN2O2S/c19-14-7-2-1-6-13(14)15-17-21(8-9-24-17)16(20-15)11-4-3-5-12(10-11)18(22)23/h1-10H,(H,22,23). The van der Waals surface area contributed by atoms with Crippen molar-refractivity contribution in [2.45, 2.75) is 0 Å². The van der Waals surface area contributed by atoms with Crippen molar-refractivity contribution in [1.82, 2.24) is 9.38 Å². The van der Waals surface area contributed by atoms with Crippen LogP contribution in [0.1, 0.15) is 10.4 Å². The van der Waals surface area contributed by atoms with Gasteiger partial charge in [0.05, 0.1) is 10.6 Å². The highest BCUT2D eigenvalue weighted by molar-refractivity contribution is 7.16. The Hall–Kier alpha value is -2.63. The summed E-state index contributed by atoms with van der Waals surface area (Å²) in [5, 5.41) is 11.8. The molecule has 4 aromatic rings. The van der Waals surface area contributed by atoms with E-state index in [0.717, 1.165) is 21.7 Å². The van der Waals surface area contributed by atoms with E-state index in [1.807, 2.05) is 46.3 Å². The number of carboxylic acid groups (broad SMARTS) is 1. The van der Waals surface area contributed by atoms with Crippen LogP contribution in [0.4, 0.5) is 0 Å². The molecule has 2 heterocycles. The van der Waals surface area contributed by atoms with Crippen LogP contribution in [0, 0.1) is 0 Å². The minimum Gasteiger partial charge on any atom is -0.478 e. The molecule has 0 saturated heterocycles. The van der Waals surface area contributed by atoms with Gasteiger partial charge in [-0.15, -0.1) is 11.3 Å². The van der Waals surface area contributed by atoms with Crippen LogP contribution in [0.25, 0.3) is 27.5 Å². The van der Waals surface area contributed by atoms with E-state index in [-0.39, 0.29) is 5.56 Å². The van der Waals surface area contributed by atoms with Gasteiger partial charge in [0.15, 0.2) is 0 Å². The van der Waals surface area contributed by atoms with Gasteiger partial charge in [-0.2, -0.15) is 0 Å². The Bertz CT molecular complexity index is 1070. The van der Waals surface area contributed by atoms with Gasteiger partial charge < -0.3 is 5.11 Å². The zero-order valence-electron chi connectivity index (χ0n) is 12.3. The monoisotopic (exact) mass is 354 g/mol. The van der Waals surface area contributed by atoms with Gasteiger partial charge in [0.2, 0.25) is 0 Å². The van der Waals surface area contributed by atoms with Crippen LogP contribution in [0.15, 0.2) is 60.1 Å². The Morgan fingerprint density at radius 2 is 2.00 bits per heavy atom. The average molecular weight is 355 g/mol. The van der Waals surface area contributed by atoms with E-state index in [0.29, 0.717) is 10.8 Å². The smallest absolute Gasteiger partial charge is 0.335 e. The van der Waals surface area contributed by atoms with Crippen molar-refractivity contribution < 1.29 is 9.90 Å². The fourth-order valence-corrected chi connectivity index (χ4v) is 3.71. The Morgan fingerprint density at radius 1 is 1.17 bits per heavy atom. The lowest BCUT2D eigenvalue weighted by molar-refractivity contribution is 0.0697. The first-order valence-electron chi connectivity index (χ1n) is 7.19. The van der Waals surface area contributed by atoms with Gasteiger partial charge in [0.25, 0.3) is 0 Å². The third kappa shape index (κ3) is 2.38. The Kier molecular flexibility index (Phi) is 3.59. The molecular formula is C18H11ClN2O2S. The highest BCUT2D eigenvalue weighted by Crippen LogP contribution is 2.35. The van der Waals surface area contributed by atoms with Gasteiger partial charge in [-0.05, 0) is 18.2 Å². The summed E-state index contributed by atoms with van der Waals surface area (Å²) in [5.41, 5.74) is 2.64. The summed E-state index contributed by atoms with van der Waals surface area (Å²) < 4.78 is 1.96. The molecule has 0 fully saturated rings. The number of aromatic nitrogens is 2. The molecule has 6 heteroatoms. The highest BCUT2D eigenvalue weighted by Gasteiger charge is 2.17. The summed E-state index contributed by atoms with van der Waals surface area (Å²) in [6.07, 6.45) is 1.93. The second kappa shape index (κ2) is 5.78. The maximum atomic E-state index is 11.2. The van der Waals surface area contributed by atoms with Crippen LogP contribution in [0.3, 0.4) is 0 Å². The maximum absolute atomic E-state index is 11.2. The molecule has 1 N–H and O–H groups in total. The van der Waals surface area contributed by atoms with Crippen molar-refractivity contribution in [3.63, 3.8) is 0 Å². The molecule has 4 nitrogen and oxygen atoms in total. The molecule has 24 heavy (non-hydrogen) atoms. The van der Waals surface area contributed by atoms with E-state index in [1.54, 1.807) is 29.5 Å². The van der Waals surface area contributed by atoms with E-state index in [9.17, 15) is 9.90 Å². The largest absolute Gasteiger partial charge is 0.478 e. The van der Waals surface area contributed by atoms with Crippen LogP contribution in [-0.2, 0) is 0 Å². The zero-order valence-corrected chi connectivity index (χ0v) is 13.9. The van der Waals surface area contributed by atoms with Crippen molar-refractivity contribution >= 4 is 33.7 Å². The molecule has 2 aromatic heterocycles. The maximum Gasteiger partial charge on any atom is 0.335 e. The minimum atomic E-state index is -0.957. The van der Waals surface area contributed by atoms with E-state index in [4.69, 9.17) is 16.6 Å². The Labute approximate surface area is 146 Å². The molecule has 0 atom stereocenters. The Morgan fingerprint density at radius 3 is 2.79 bits per heavy atom. The fraction of sp³-hybridized carbons (Fsp3) is 0. The molecule has 0 aliphatic carbocycles. The van der Waals surface area contributed by atoms with Crippen molar-refractivity contribution in [3.05, 3.63) is 70.7 Å². The first kappa shape index (κ1) is 14.9. The molecule has 118 valence electrons. The number of benzene rings is 2. The van der Waals surface area contributed by atoms with Crippen molar-refractivity contribution in [2.75, 3.05) is 0 Å².